The molecule has 0 spiro atoms. The predicted octanol–water partition coefficient (Wildman–Crippen LogP) is 5.35. The van der Waals surface area contributed by atoms with Crippen LogP contribution in [0.4, 0.5) is 0 Å². The van der Waals surface area contributed by atoms with Crippen molar-refractivity contribution in [3.05, 3.63) is 67.3 Å². The molecule has 4 rings (SSSR count). The van der Waals surface area contributed by atoms with Crippen LogP contribution in [0.1, 0.15) is 65.2 Å². The fraction of sp³-hybridized carbons (Fsp3) is 0.500. The lowest BCUT2D eigenvalue weighted by Gasteiger charge is -2.41. The molecule has 4 nitrogen and oxygen atoms in total. The lowest BCUT2D eigenvalue weighted by atomic mass is 9.87. The Kier molecular flexibility index (Phi) is 3.80. The number of nitroso groups, excluding NO2 is 1. The van der Waals surface area contributed by atoms with Gasteiger partial charge in [0.25, 0.3) is 5.70 Å². The first-order chi connectivity index (χ1) is 11.6. The van der Waals surface area contributed by atoms with E-state index >= 15 is 0 Å². The fourth-order valence-corrected chi connectivity index (χ4v) is 4.42. The standard InChI is InChI=1S/C20H24N2O2/c1-13-11-15-7-3-5-9-17(15)21(23)19(13)20-14(2)12-16-8-4-6-10-18(16)22(20)24/h11-12H,3-10H2,1-2H3. The molecule has 0 bridgehead atoms. The summed E-state index contributed by atoms with van der Waals surface area (Å²) in [5, 5.41) is 14.1. The van der Waals surface area contributed by atoms with Gasteiger partial charge in [-0.25, -0.2) is 0 Å². The van der Waals surface area contributed by atoms with Crippen molar-refractivity contribution in [2.75, 3.05) is 0 Å². The molecule has 4 heteroatoms. The number of hydrogen-bond acceptors (Lipinski definition) is 3. The second kappa shape index (κ2) is 5.85. The molecule has 24 heavy (non-hydrogen) atoms. The molecule has 0 aromatic carbocycles. The van der Waals surface area contributed by atoms with Gasteiger partial charge in [-0.2, -0.15) is 0 Å². The predicted molar refractivity (Wildman–Crippen MR) is 94.4 cm³/mol. The van der Waals surface area contributed by atoms with Crippen molar-refractivity contribution in [3.8, 4) is 0 Å². The van der Waals surface area contributed by atoms with E-state index < -0.39 is 0 Å². The summed E-state index contributed by atoms with van der Waals surface area (Å²) in [6.07, 6.45) is 12.2. The van der Waals surface area contributed by atoms with Crippen LogP contribution >= 0.6 is 0 Å². The Labute approximate surface area is 143 Å². The van der Waals surface area contributed by atoms with E-state index in [1.165, 1.54) is 0 Å². The summed E-state index contributed by atoms with van der Waals surface area (Å²) >= 11 is 0. The van der Waals surface area contributed by atoms with Gasteiger partial charge in [0, 0.05) is 28.2 Å². The zero-order valence-corrected chi connectivity index (χ0v) is 14.5. The van der Waals surface area contributed by atoms with Gasteiger partial charge in [-0.15, -0.1) is 0 Å². The largest absolute Gasteiger partial charge is 0.754 e. The number of hydrogen-bond donors (Lipinski definition) is 0. The third-order valence-corrected chi connectivity index (χ3v) is 5.61. The van der Waals surface area contributed by atoms with Gasteiger partial charge >= 0.3 is 0 Å². The van der Waals surface area contributed by atoms with Crippen LogP contribution in [0.5, 0.6) is 0 Å². The summed E-state index contributed by atoms with van der Waals surface area (Å²) in [7, 11) is 0. The highest BCUT2D eigenvalue weighted by molar-refractivity contribution is 5.52. The molecule has 2 aliphatic carbocycles. The summed E-state index contributed by atoms with van der Waals surface area (Å²) in [4.78, 5) is 13.1. The zero-order valence-electron chi connectivity index (χ0n) is 14.5. The minimum atomic E-state index is 0.552. The number of allylic oxidation sites excluding steroid dienone is 8. The van der Waals surface area contributed by atoms with Crippen molar-refractivity contribution in [2.45, 2.75) is 65.2 Å². The Balaban J connectivity index is 1.84. The van der Waals surface area contributed by atoms with Gasteiger partial charge < -0.3 is 10.3 Å². The van der Waals surface area contributed by atoms with Crippen LogP contribution in [-0.2, 0) is 0 Å². The smallest absolute Gasteiger partial charge is 0.288 e. The summed E-state index contributed by atoms with van der Waals surface area (Å²) in [5.74, 6) is 0. The highest BCUT2D eigenvalue weighted by Crippen LogP contribution is 2.42. The van der Waals surface area contributed by atoms with E-state index in [4.69, 9.17) is 0 Å². The zero-order chi connectivity index (χ0) is 16.8. The van der Waals surface area contributed by atoms with Crippen molar-refractivity contribution in [2.24, 2.45) is 0 Å². The minimum absolute atomic E-state index is 0.552. The molecule has 126 valence electrons. The van der Waals surface area contributed by atoms with E-state index in [9.17, 15) is 10.1 Å². The summed E-state index contributed by atoms with van der Waals surface area (Å²) < 4.78 is 1.05. The summed E-state index contributed by atoms with van der Waals surface area (Å²) in [6, 6.07) is 0. The molecule has 2 heterocycles. The third-order valence-electron chi connectivity index (χ3n) is 5.61. The number of nitrogens with zero attached hydrogens (tertiary/aromatic N) is 2. The second-order valence-corrected chi connectivity index (χ2v) is 7.30. The molecule has 2 aliphatic heterocycles. The van der Waals surface area contributed by atoms with Crippen LogP contribution in [0, 0.1) is 10.1 Å². The summed E-state index contributed by atoms with van der Waals surface area (Å²) in [5.41, 5.74) is 6.96. The first kappa shape index (κ1) is 15.6. The van der Waals surface area contributed by atoms with Crippen LogP contribution in [0.25, 0.3) is 0 Å². The lowest BCUT2D eigenvalue weighted by Crippen LogP contribution is -2.28. The van der Waals surface area contributed by atoms with Crippen molar-refractivity contribution >= 4 is 0 Å². The molecule has 0 radical (unpaired) electrons. The molecular weight excluding hydrogens is 300 g/mol. The van der Waals surface area contributed by atoms with Crippen molar-refractivity contribution < 1.29 is 4.76 Å². The van der Waals surface area contributed by atoms with Crippen molar-refractivity contribution in [1.29, 1.82) is 0 Å². The normalized spacial score (nSPS) is 27.8. The molecule has 0 N–H and O–H groups in total. The Morgan fingerprint density at radius 1 is 0.917 bits per heavy atom. The molecule has 0 amide bonds. The van der Waals surface area contributed by atoms with E-state index in [-0.39, 0.29) is 0 Å². The Morgan fingerprint density at radius 3 is 2.33 bits per heavy atom. The first-order valence-corrected chi connectivity index (χ1v) is 9.08. The third kappa shape index (κ3) is 2.32. The van der Waals surface area contributed by atoms with Gasteiger partial charge in [-0.3, -0.25) is 0 Å². The van der Waals surface area contributed by atoms with Crippen LogP contribution in [-0.4, -0.2) is 9.82 Å². The van der Waals surface area contributed by atoms with E-state index in [2.05, 4.69) is 12.2 Å². The molecule has 0 fully saturated rings. The average Bonchev–Trinajstić information content (AvgIpc) is 2.57. The molecule has 0 aromatic rings. The molecule has 0 saturated heterocycles. The Bertz CT molecular complexity index is 777. The maximum absolute atomic E-state index is 13.1. The van der Waals surface area contributed by atoms with Gasteiger partial charge in [0.1, 0.15) is 5.70 Å². The van der Waals surface area contributed by atoms with E-state index in [1.807, 2.05) is 13.8 Å². The minimum Gasteiger partial charge on any atom is -0.754 e. The molecule has 0 atom stereocenters. The van der Waals surface area contributed by atoms with Crippen molar-refractivity contribution in [3.63, 3.8) is 0 Å². The average molecular weight is 324 g/mol. The second-order valence-electron chi connectivity index (χ2n) is 7.30. The SMILES string of the molecule is CC1=CC2=C(CCCC2)N([O-])C1=C1C(C)=CC2=C(CCCC2)[N+]1=O. The van der Waals surface area contributed by atoms with E-state index in [0.29, 0.717) is 11.4 Å². The van der Waals surface area contributed by atoms with Gasteiger partial charge in [-0.1, -0.05) is 6.08 Å². The van der Waals surface area contributed by atoms with Crippen LogP contribution in [0.15, 0.2) is 57.2 Å². The van der Waals surface area contributed by atoms with Crippen molar-refractivity contribution in [1.82, 2.24) is 5.06 Å². The number of hydroxylamine groups is 2. The fourth-order valence-electron chi connectivity index (χ4n) is 4.42. The van der Waals surface area contributed by atoms with Crippen LogP contribution in [0.2, 0.25) is 0 Å². The lowest BCUT2D eigenvalue weighted by molar-refractivity contribution is -0.449. The molecule has 0 unspecified atom stereocenters. The van der Waals surface area contributed by atoms with E-state index in [0.717, 1.165) is 94.9 Å². The van der Waals surface area contributed by atoms with Gasteiger partial charge in [0.15, 0.2) is 0 Å². The monoisotopic (exact) mass is 324 g/mol. The summed E-state index contributed by atoms with van der Waals surface area (Å²) in [6.45, 7) is 3.91. The Morgan fingerprint density at radius 2 is 1.54 bits per heavy atom. The topological polar surface area (TPSA) is 46.4 Å². The first-order valence-electron chi connectivity index (χ1n) is 9.08. The molecule has 0 aromatic heterocycles. The van der Waals surface area contributed by atoms with Crippen LogP contribution < -0.4 is 0 Å². The van der Waals surface area contributed by atoms with E-state index in [1.54, 1.807) is 0 Å². The quantitative estimate of drug-likeness (QED) is 0.564. The van der Waals surface area contributed by atoms with Gasteiger partial charge in [0.05, 0.1) is 4.76 Å². The maximum atomic E-state index is 13.1. The molecule has 4 aliphatic rings. The highest BCUT2D eigenvalue weighted by atomic mass is 16.5. The molecule has 0 saturated carbocycles. The molecular formula is C20H24N2O2. The van der Waals surface area contributed by atoms with Gasteiger partial charge in [-0.05, 0) is 76.0 Å². The highest BCUT2D eigenvalue weighted by Gasteiger charge is 2.38. The number of rotatable bonds is 0. The van der Waals surface area contributed by atoms with Crippen LogP contribution in [0.3, 0.4) is 0 Å². The maximum Gasteiger partial charge on any atom is 0.288 e. The van der Waals surface area contributed by atoms with Gasteiger partial charge in [0.2, 0.25) is 5.70 Å². The Hall–Kier alpha value is -1.94.